The SMILES string of the molecule is CC(C)(C)C1=CC2C=NCC2C=C1.CC(C)(C)c1ccc2ncccc2n1.CC(C)(C)c1ccc2nccn2c1.CC(C)(C)c1ccc2nccn2n1.CC(C)(C)c1ccc2nccnc2c1.CC(C)(C)c1ccc2ncncc2c1.CC(C)(C)c1ccc2ncnn2c1.CC(C)(C)c1ccn2nccc2n1.CC(C)(C)c1ccn2ncnc2c1. The third kappa shape index (κ3) is 25.0. The number of aromatic nitrogens is 20. The van der Waals surface area contributed by atoms with E-state index in [0.717, 1.165) is 84.8 Å². The molecule has 14 aromatic heterocycles. The number of benzene rings is 2. The van der Waals surface area contributed by atoms with Gasteiger partial charge in [0.15, 0.2) is 22.6 Å². The molecule has 18 rings (SSSR count). The summed E-state index contributed by atoms with van der Waals surface area (Å²) in [7, 11) is 0. The smallest absolute Gasteiger partial charge is 0.155 e. The van der Waals surface area contributed by atoms with E-state index in [1.54, 1.807) is 68.0 Å². The number of hydrogen-bond acceptors (Lipinski definition) is 16. The van der Waals surface area contributed by atoms with Crippen molar-refractivity contribution in [1.29, 1.82) is 0 Å². The van der Waals surface area contributed by atoms with Gasteiger partial charge in [-0.15, -0.1) is 0 Å². The Hall–Kier alpha value is -12.0. The number of hydrogen-bond donors (Lipinski definition) is 0. The number of fused-ring (bicyclic) bond motifs is 9. The van der Waals surface area contributed by atoms with Crippen molar-refractivity contribution in [2.24, 2.45) is 22.2 Å². The maximum atomic E-state index is 4.58. The van der Waals surface area contributed by atoms with E-state index in [4.69, 9.17) is 0 Å². The van der Waals surface area contributed by atoms with Crippen LogP contribution in [0.3, 0.4) is 0 Å². The summed E-state index contributed by atoms with van der Waals surface area (Å²) < 4.78 is 9.21. The first-order valence-corrected chi connectivity index (χ1v) is 41.3. The van der Waals surface area contributed by atoms with Crippen molar-refractivity contribution in [3.05, 3.63) is 290 Å². The average Bonchev–Trinajstić information content (AvgIpc) is 1.75. The lowest BCUT2D eigenvalue weighted by atomic mass is 9.78. The third-order valence-corrected chi connectivity index (χ3v) is 20.4. The molecule has 2 unspecified atom stereocenters. The van der Waals surface area contributed by atoms with Crippen LogP contribution in [0.5, 0.6) is 0 Å². The van der Waals surface area contributed by atoms with Crippen molar-refractivity contribution in [3.8, 4) is 0 Å². The van der Waals surface area contributed by atoms with Crippen molar-refractivity contribution in [2.75, 3.05) is 6.54 Å². The van der Waals surface area contributed by atoms with Gasteiger partial charge in [-0.05, 0) is 157 Å². The average molecular weight is 1610 g/mol. The van der Waals surface area contributed by atoms with E-state index in [-0.39, 0.29) is 48.7 Å². The van der Waals surface area contributed by atoms with Gasteiger partial charge in [0, 0.05) is 138 Å². The summed E-state index contributed by atoms with van der Waals surface area (Å²) in [5.74, 6) is 1.21. The van der Waals surface area contributed by atoms with Crippen molar-refractivity contribution in [2.45, 2.75) is 230 Å². The minimum absolute atomic E-state index is 0.0957. The fourth-order valence-electron chi connectivity index (χ4n) is 12.5. The number of rotatable bonds is 0. The van der Waals surface area contributed by atoms with E-state index in [0.29, 0.717) is 11.8 Å². The van der Waals surface area contributed by atoms with Crippen molar-refractivity contribution >= 4 is 67.4 Å². The third-order valence-electron chi connectivity index (χ3n) is 20.4. The predicted molar refractivity (Wildman–Crippen MR) is 492 cm³/mol. The van der Waals surface area contributed by atoms with Gasteiger partial charge < -0.3 is 4.40 Å². The van der Waals surface area contributed by atoms with Crippen LogP contribution in [-0.2, 0) is 43.3 Å². The molecule has 120 heavy (non-hydrogen) atoms. The zero-order valence-corrected chi connectivity index (χ0v) is 75.8. The normalized spacial score (nSPS) is 14.2. The molecule has 0 saturated carbocycles. The first-order valence-electron chi connectivity index (χ1n) is 41.3. The molecule has 0 saturated heterocycles. The van der Waals surface area contributed by atoms with Crippen LogP contribution in [0.4, 0.5) is 0 Å². The van der Waals surface area contributed by atoms with E-state index in [1.807, 2.05) is 98.0 Å². The minimum Gasteiger partial charge on any atom is -0.307 e. The maximum absolute atomic E-state index is 4.58. The van der Waals surface area contributed by atoms with Crippen molar-refractivity contribution in [3.63, 3.8) is 0 Å². The summed E-state index contributed by atoms with van der Waals surface area (Å²) in [6.07, 6.45) is 38.1. The number of pyridine rings is 5. The molecule has 16 aromatic rings. The highest BCUT2D eigenvalue weighted by Gasteiger charge is 2.27. The highest BCUT2D eigenvalue weighted by atomic mass is 15.3. The van der Waals surface area contributed by atoms with Crippen LogP contribution < -0.4 is 0 Å². The van der Waals surface area contributed by atoms with Gasteiger partial charge in [0.05, 0.1) is 39.5 Å². The maximum Gasteiger partial charge on any atom is 0.155 e. The minimum atomic E-state index is 0.0957. The molecule has 2 aliphatic rings. The quantitative estimate of drug-likeness (QED) is 0.137. The predicted octanol–water partition coefficient (Wildman–Crippen LogP) is 22.4. The Balaban J connectivity index is 0.000000142. The van der Waals surface area contributed by atoms with Crippen LogP contribution in [0, 0.1) is 17.3 Å². The van der Waals surface area contributed by atoms with Gasteiger partial charge in [0.2, 0.25) is 0 Å². The van der Waals surface area contributed by atoms with Gasteiger partial charge >= 0.3 is 0 Å². The lowest BCUT2D eigenvalue weighted by molar-refractivity contribution is 0.499. The van der Waals surface area contributed by atoms with E-state index in [2.05, 4.69) is 369 Å². The molecule has 15 heterocycles. The highest BCUT2D eigenvalue weighted by Crippen LogP contribution is 2.35. The van der Waals surface area contributed by atoms with Gasteiger partial charge in [0.1, 0.15) is 24.6 Å². The van der Waals surface area contributed by atoms with Crippen molar-refractivity contribution in [1.82, 2.24) is 97.7 Å². The van der Waals surface area contributed by atoms with E-state index >= 15 is 0 Å². The second kappa shape index (κ2) is 37.1. The van der Waals surface area contributed by atoms with Gasteiger partial charge in [-0.3, -0.25) is 24.9 Å². The summed E-state index contributed by atoms with van der Waals surface area (Å²) >= 11 is 0. The lowest BCUT2D eigenvalue weighted by Crippen LogP contribution is -2.17. The molecule has 0 amide bonds. The second-order valence-corrected chi connectivity index (χ2v) is 39.7. The van der Waals surface area contributed by atoms with Gasteiger partial charge in [-0.25, -0.2) is 52.9 Å². The number of aliphatic imine (C=N–C) groups is 1. The van der Waals surface area contributed by atoms with Crippen molar-refractivity contribution < 1.29 is 0 Å². The van der Waals surface area contributed by atoms with E-state index in [1.165, 1.54) is 33.4 Å². The monoisotopic (exact) mass is 1610 g/mol. The zero-order chi connectivity index (χ0) is 87.4. The molecule has 1 aliphatic carbocycles. The van der Waals surface area contributed by atoms with Crippen LogP contribution in [0.2, 0.25) is 0 Å². The van der Waals surface area contributed by atoms with Gasteiger partial charge in [-0.1, -0.05) is 229 Å². The van der Waals surface area contributed by atoms with Crippen LogP contribution in [0.25, 0.3) is 61.2 Å². The first kappa shape index (κ1) is 90.3. The van der Waals surface area contributed by atoms with E-state index in [9.17, 15) is 0 Å². The molecule has 0 radical (unpaired) electrons. The van der Waals surface area contributed by atoms with Gasteiger partial charge in [0.25, 0.3) is 0 Å². The van der Waals surface area contributed by atoms with Crippen LogP contribution in [-0.4, -0.2) is 110 Å². The molecular formula is C99H125N21. The summed E-state index contributed by atoms with van der Waals surface area (Å²) in [6, 6.07) is 41.0. The van der Waals surface area contributed by atoms with E-state index < -0.39 is 0 Å². The molecule has 2 aromatic carbocycles. The van der Waals surface area contributed by atoms with Gasteiger partial charge in [-0.2, -0.15) is 20.4 Å². The molecule has 0 fully saturated rings. The standard InChI is InChI=1S/3C12H14N2.C12H17N.C11H14N2.4C10H13N3/c1-12(2,3)10-4-5-11-9(6-10)7-13-8-14-11;1-12(2,3)9-4-5-10-11(8-9)14-7-6-13-10;1-12(2,3)11-7-6-9-10(14-11)5-4-8-13-9;1-12(2,3)11-5-4-9-7-13-8-10(9)6-11;1-11(2,3)9-4-5-10-12-6-7-13(10)8-9;1-10(2,3)8-5-7-13-9(12-8)4-6-11-13;1-10(2,3)8-4-5-13-9(6-8)11-7-12-13;1-10(2,3)8-4-5-9-11-7-12-13(9)6-8;1-10(2,3)8-4-5-9-11-6-7-13(9)12-8/h3*4-8H,1-3H3;4-6,8-10H,7H2,1-3H3;4-8H,1-3H3;4*4-7H,1-3H3. The lowest BCUT2D eigenvalue weighted by Gasteiger charge is -2.26. The summed E-state index contributed by atoms with van der Waals surface area (Å²) in [5, 5.41) is 17.8. The Labute approximate surface area is 709 Å². The molecule has 626 valence electrons. The number of allylic oxidation sites excluding steroid dienone is 3. The highest BCUT2D eigenvalue weighted by molar-refractivity contribution is 5.78. The Morgan fingerprint density at radius 1 is 0.325 bits per heavy atom. The summed E-state index contributed by atoms with van der Waals surface area (Å²) in [5.41, 5.74) is 22.2. The summed E-state index contributed by atoms with van der Waals surface area (Å²) in [4.78, 5) is 51.0. The molecule has 0 spiro atoms. The fraction of sp³-hybridized carbons (Fsp3) is 0.394. The Kier molecular flexibility index (Phi) is 27.9. The largest absolute Gasteiger partial charge is 0.307 e. The molecule has 1 aliphatic heterocycles. The molecule has 0 bridgehead atoms. The Bertz CT molecular complexity index is 5440. The van der Waals surface area contributed by atoms with Crippen LogP contribution >= 0.6 is 0 Å². The number of nitrogens with zero attached hydrogens (tertiary/aromatic N) is 21. The van der Waals surface area contributed by atoms with Crippen LogP contribution in [0.15, 0.2) is 250 Å². The first-order chi connectivity index (χ1) is 56.1. The molecule has 21 heteroatoms. The second-order valence-electron chi connectivity index (χ2n) is 39.7. The molecule has 2 atom stereocenters. The topological polar surface area (TPSA) is 228 Å². The molecule has 21 nitrogen and oxygen atoms in total. The Morgan fingerprint density at radius 3 is 1.52 bits per heavy atom. The number of imidazole rings is 2. The zero-order valence-electron chi connectivity index (χ0n) is 75.8. The fourth-order valence-corrected chi connectivity index (χ4v) is 12.5. The summed E-state index contributed by atoms with van der Waals surface area (Å²) in [6.45, 7) is 60.2. The molecular weight excluding hydrogens is 1480 g/mol. The Morgan fingerprint density at radius 2 is 0.850 bits per heavy atom. The van der Waals surface area contributed by atoms with Crippen LogP contribution in [0.1, 0.15) is 232 Å². The molecule has 0 N–H and O–H groups in total.